The van der Waals surface area contributed by atoms with Crippen LogP contribution in [-0.2, 0) is 17.9 Å². The molecule has 2 heterocycles. The summed E-state index contributed by atoms with van der Waals surface area (Å²) in [6.07, 6.45) is 1.75. The predicted octanol–water partition coefficient (Wildman–Crippen LogP) is 1.41. The Morgan fingerprint density at radius 3 is 2.94 bits per heavy atom. The van der Waals surface area contributed by atoms with Gasteiger partial charge in [0.05, 0.1) is 6.54 Å². The first-order chi connectivity index (χ1) is 7.75. The number of carbonyl (C=O) groups is 1. The van der Waals surface area contributed by atoms with Crippen molar-refractivity contribution in [1.29, 1.82) is 5.41 Å². The Labute approximate surface area is 101 Å². The van der Waals surface area contributed by atoms with E-state index in [2.05, 4.69) is 5.32 Å². The molecule has 0 atom stereocenters. The normalized spacial score (nSPS) is 10.2. The summed E-state index contributed by atoms with van der Waals surface area (Å²) in [6.45, 7) is 0.780. The van der Waals surface area contributed by atoms with Crippen LogP contribution in [0, 0.1) is 5.41 Å². The van der Waals surface area contributed by atoms with E-state index >= 15 is 0 Å². The third-order valence-corrected chi connectivity index (χ3v) is 3.63. The van der Waals surface area contributed by atoms with Crippen molar-refractivity contribution in [1.82, 2.24) is 9.88 Å². The van der Waals surface area contributed by atoms with E-state index in [0.717, 1.165) is 4.88 Å². The molecule has 0 unspecified atom stereocenters. The van der Waals surface area contributed by atoms with E-state index in [-0.39, 0.29) is 12.5 Å². The number of rotatable bonds is 4. The maximum Gasteiger partial charge on any atom is 0.240 e. The summed E-state index contributed by atoms with van der Waals surface area (Å²) in [6, 6.07) is 3.94. The van der Waals surface area contributed by atoms with E-state index in [1.165, 1.54) is 11.3 Å². The molecule has 0 spiro atoms. The minimum atomic E-state index is -0.0645. The molecule has 0 saturated carbocycles. The van der Waals surface area contributed by atoms with Gasteiger partial charge in [0.1, 0.15) is 6.54 Å². The molecule has 2 rings (SSSR count). The number of hydrogen-bond donors (Lipinski definition) is 2. The zero-order chi connectivity index (χ0) is 11.4. The van der Waals surface area contributed by atoms with E-state index in [4.69, 9.17) is 5.41 Å². The van der Waals surface area contributed by atoms with E-state index < -0.39 is 0 Å². The molecule has 84 valence electrons. The first-order valence-electron chi connectivity index (χ1n) is 4.73. The molecule has 0 bridgehead atoms. The van der Waals surface area contributed by atoms with E-state index in [1.54, 1.807) is 27.5 Å². The molecular weight excluding hydrogens is 242 g/mol. The van der Waals surface area contributed by atoms with Gasteiger partial charge in [-0.1, -0.05) is 6.07 Å². The summed E-state index contributed by atoms with van der Waals surface area (Å²) in [4.78, 5) is 13.1. The second-order valence-corrected chi connectivity index (χ2v) is 5.12. The van der Waals surface area contributed by atoms with Gasteiger partial charge >= 0.3 is 0 Å². The number of thiophene rings is 1. The number of thiazole rings is 1. The van der Waals surface area contributed by atoms with Gasteiger partial charge in [-0.25, -0.2) is 0 Å². The van der Waals surface area contributed by atoms with Crippen LogP contribution in [0.25, 0.3) is 0 Å². The first kappa shape index (κ1) is 11.1. The van der Waals surface area contributed by atoms with Gasteiger partial charge in [0.15, 0.2) is 4.80 Å². The van der Waals surface area contributed by atoms with Crippen LogP contribution in [0.3, 0.4) is 0 Å². The standard InChI is InChI=1S/C10H11N3OS2/c11-10-13(3-5-16-10)7-9(14)12-6-8-2-1-4-15-8/h1-5,11H,6-7H2,(H,12,14). The maximum atomic E-state index is 11.6. The molecular formula is C10H11N3OS2. The van der Waals surface area contributed by atoms with Crippen molar-refractivity contribution in [3.63, 3.8) is 0 Å². The van der Waals surface area contributed by atoms with E-state index in [0.29, 0.717) is 11.3 Å². The Kier molecular flexibility index (Phi) is 3.53. The second-order valence-electron chi connectivity index (χ2n) is 3.19. The summed E-state index contributed by atoms with van der Waals surface area (Å²) in [5, 5.41) is 14.1. The molecule has 4 nitrogen and oxygen atoms in total. The number of amides is 1. The van der Waals surface area contributed by atoms with Gasteiger partial charge < -0.3 is 9.88 Å². The molecule has 0 aliphatic carbocycles. The van der Waals surface area contributed by atoms with Gasteiger partial charge in [-0.15, -0.1) is 22.7 Å². The summed E-state index contributed by atoms with van der Waals surface area (Å²) in [7, 11) is 0. The maximum absolute atomic E-state index is 11.6. The van der Waals surface area contributed by atoms with Gasteiger partial charge in [-0.2, -0.15) is 0 Å². The molecule has 0 radical (unpaired) electrons. The van der Waals surface area contributed by atoms with Crippen molar-refractivity contribution < 1.29 is 4.79 Å². The van der Waals surface area contributed by atoms with E-state index in [1.807, 2.05) is 17.5 Å². The number of nitrogens with one attached hydrogen (secondary N) is 2. The molecule has 0 aromatic carbocycles. The molecule has 0 saturated heterocycles. The second kappa shape index (κ2) is 5.09. The highest BCUT2D eigenvalue weighted by Crippen LogP contribution is 2.07. The number of carbonyl (C=O) groups excluding carboxylic acids is 1. The van der Waals surface area contributed by atoms with Crippen LogP contribution in [0.4, 0.5) is 0 Å². The fourth-order valence-corrected chi connectivity index (χ4v) is 2.48. The number of hydrogen-bond acceptors (Lipinski definition) is 4. The van der Waals surface area contributed by atoms with E-state index in [9.17, 15) is 4.79 Å². The van der Waals surface area contributed by atoms with Gasteiger partial charge in [-0.3, -0.25) is 10.2 Å². The zero-order valence-corrected chi connectivity index (χ0v) is 10.1. The molecule has 0 aliphatic heterocycles. The summed E-state index contributed by atoms with van der Waals surface area (Å²) in [5.41, 5.74) is 0. The molecule has 2 aromatic heterocycles. The summed E-state index contributed by atoms with van der Waals surface area (Å²) < 4.78 is 1.62. The lowest BCUT2D eigenvalue weighted by molar-refractivity contribution is -0.121. The average Bonchev–Trinajstić information content (AvgIpc) is 2.88. The quantitative estimate of drug-likeness (QED) is 0.850. The number of aromatic nitrogens is 1. The molecule has 1 amide bonds. The minimum Gasteiger partial charge on any atom is -0.350 e. The van der Waals surface area contributed by atoms with Crippen LogP contribution in [0.15, 0.2) is 29.1 Å². The largest absolute Gasteiger partial charge is 0.350 e. The van der Waals surface area contributed by atoms with Crippen LogP contribution in [-0.4, -0.2) is 10.5 Å². The van der Waals surface area contributed by atoms with Crippen LogP contribution in [0.1, 0.15) is 4.88 Å². The van der Waals surface area contributed by atoms with Gasteiger partial charge in [0.25, 0.3) is 0 Å². The van der Waals surface area contributed by atoms with Crippen LogP contribution < -0.4 is 10.1 Å². The molecule has 0 aliphatic rings. The summed E-state index contributed by atoms with van der Waals surface area (Å²) >= 11 is 2.93. The molecule has 16 heavy (non-hydrogen) atoms. The highest BCUT2D eigenvalue weighted by atomic mass is 32.1. The Bertz CT molecular complexity index is 512. The average molecular weight is 253 g/mol. The van der Waals surface area contributed by atoms with Crippen molar-refractivity contribution >= 4 is 28.6 Å². The van der Waals surface area contributed by atoms with Crippen LogP contribution in [0.5, 0.6) is 0 Å². The predicted molar refractivity (Wildman–Crippen MR) is 64.3 cm³/mol. The smallest absolute Gasteiger partial charge is 0.240 e. The molecule has 6 heteroatoms. The van der Waals surface area contributed by atoms with Gasteiger partial charge in [-0.05, 0) is 11.4 Å². The minimum absolute atomic E-state index is 0.0645. The third-order valence-electron chi connectivity index (χ3n) is 2.04. The Morgan fingerprint density at radius 1 is 1.44 bits per heavy atom. The van der Waals surface area contributed by atoms with Crippen LogP contribution >= 0.6 is 22.7 Å². The van der Waals surface area contributed by atoms with Crippen molar-refractivity contribution in [2.45, 2.75) is 13.1 Å². The zero-order valence-electron chi connectivity index (χ0n) is 8.47. The molecule has 2 N–H and O–H groups in total. The van der Waals surface area contributed by atoms with Crippen molar-refractivity contribution in [3.8, 4) is 0 Å². The monoisotopic (exact) mass is 253 g/mol. The Hall–Kier alpha value is -1.40. The lowest BCUT2D eigenvalue weighted by Crippen LogP contribution is -2.29. The summed E-state index contributed by atoms with van der Waals surface area (Å²) in [5.74, 6) is -0.0645. The number of nitrogens with zero attached hydrogens (tertiary/aromatic N) is 1. The SMILES string of the molecule is N=c1sccn1CC(=O)NCc1cccs1. The van der Waals surface area contributed by atoms with Crippen LogP contribution in [0.2, 0.25) is 0 Å². The van der Waals surface area contributed by atoms with Gasteiger partial charge in [0, 0.05) is 16.5 Å². The molecule has 2 aromatic rings. The Morgan fingerprint density at radius 2 is 2.31 bits per heavy atom. The van der Waals surface area contributed by atoms with Crippen molar-refractivity contribution in [3.05, 3.63) is 38.8 Å². The third kappa shape index (κ3) is 2.80. The van der Waals surface area contributed by atoms with Crippen molar-refractivity contribution in [2.24, 2.45) is 0 Å². The Balaban J connectivity index is 1.86. The fraction of sp³-hybridized carbons (Fsp3) is 0.200. The first-order valence-corrected chi connectivity index (χ1v) is 6.49. The topological polar surface area (TPSA) is 57.9 Å². The fourth-order valence-electron chi connectivity index (χ4n) is 1.24. The lowest BCUT2D eigenvalue weighted by Gasteiger charge is -2.04. The molecule has 0 fully saturated rings. The lowest BCUT2D eigenvalue weighted by atomic mass is 10.4. The van der Waals surface area contributed by atoms with Gasteiger partial charge in [0.2, 0.25) is 5.91 Å². The highest BCUT2D eigenvalue weighted by Gasteiger charge is 2.03. The highest BCUT2D eigenvalue weighted by molar-refractivity contribution is 7.09. The van der Waals surface area contributed by atoms with Crippen molar-refractivity contribution in [2.75, 3.05) is 0 Å².